The molecule has 0 aliphatic heterocycles. The first-order valence-corrected chi connectivity index (χ1v) is 10.4. The smallest absolute Gasteiger partial charge is 0.201 e. The summed E-state index contributed by atoms with van der Waals surface area (Å²) in [5.74, 6) is 2.76. The van der Waals surface area contributed by atoms with E-state index in [1.165, 1.54) is 11.1 Å². The van der Waals surface area contributed by atoms with Crippen LogP contribution in [0, 0.1) is 5.92 Å². The Kier molecular flexibility index (Phi) is 10.7. The maximum atomic E-state index is 9.01. The van der Waals surface area contributed by atoms with Crippen LogP contribution in [0.3, 0.4) is 0 Å². The van der Waals surface area contributed by atoms with Crippen LogP contribution in [0.5, 0.6) is 11.5 Å². The lowest BCUT2D eigenvalue weighted by Crippen LogP contribution is -2.24. The Balaban J connectivity index is 0.000000307. The first-order chi connectivity index (χ1) is 13.3. The van der Waals surface area contributed by atoms with Gasteiger partial charge in [-0.05, 0) is 60.1 Å². The molecule has 3 heteroatoms. The second kappa shape index (κ2) is 12.5. The molecule has 0 fully saturated rings. The third-order valence-electron chi connectivity index (χ3n) is 5.16. The van der Waals surface area contributed by atoms with Crippen LogP contribution < -0.4 is 4.74 Å². The summed E-state index contributed by atoms with van der Waals surface area (Å²) in [5, 5.41) is 9.01. The molecular weight excluding hydrogens is 348 g/mol. The van der Waals surface area contributed by atoms with Crippen LogP contribution in [0.4, 0.5) is 0 Å². The van der Waals surface area contributed by atoms with E-state index in [4.69, 9.17) is 14.6 Å². The molecule has 3 unspecified atom stereocenters. The summed E-state index contributed by atoms with van der Waals surface area (Å²) in [6.45, 7) is 13.0. The molecule has 0 radical (unpaired) electrons. The molecule has 0 aliphatic rings. The van der Waals surface area contributed by atoms with Gasteiger partial charge in [-0.25, -0.2) is 0 Å². The summed E-state index contributed by atoms with van der Waals surface area (Å²) in [5.41, 5.74) is 2.66. The second-order valence-electron chi connectivity index (χ2n) is 7.75. The third kappa shape index (κ3) is 7.93. The molecular formula is C25H38O3. The van der Waals surface area contributed by atoms with Gasteiger partial charge < -0.3 is 14.6 Å². The molecule has 2 aromatic carbocycles. The van der Waals surface area contributed by atoms with Crippen molar-refractivity contribution in [3.05, 3.63) is 59.7 Å². The number of hydrogen-bond acceptors (Lipinski definition) is 3. The molecule has 156 valence electrons. The van der Waals surface area contributed by atoms with Gasteiger partial charge in [-0.15, -0.1) is 0 Å². The van der Waals surface area contributed by atoms with E-state index in [0.717, 1.165) is 18.6 Å². The molecule has 28 heavy (non-hydrogen) atoms. The quantitative estimate of drug-likeness (QED) is 0.491. The first kappa shape index (κ1) is 24.0. The standard InChI is InChI=1S/C15H24O2.C10H14O/c1-6-12(4)13-7-9-14(10-8-13)17-15(16-5)11(2)3;1-3-8(2)9-4-6-10(11)7-5-9/h7-12,15H,6H2,1-5H3;4-8,11H,3H2,1-2H3. The summed E-state index contributed by atoms with van der Waals surface area (Å²) in [4.78, 5) is 0. The first-order valence-electron chi connectivity index (χ1n) is 10.4. The normalized spacial score (nSPS) is 14.0. The van der Waals surface area contributed by atoms with Gasteiger partial charge in [0.15, 0.2) is 0 Å². The maximum Gasteiger partial charge on any atom is 0.201 e. The zero-order valence-electron chi connectivity index (χ0n) is 18.6. The van der Waals surface area contributed by atoms with Crippen LogP contribution in [0.25, 0.3) is 0 Å². The van der Waals surface area contributed by atoms with Gasteiger partial charge in [-0.3, -0.25) is 0 Å². The van der Waals surface area contributed by atoms with Crippen LogP contribution in [-0.2, 0) is 4.74 Å². The Hall–Kier alpha value is -2.00. The summed E-state index contributed by atoms with van der Waals surface area (Å²) < 4.78 is 11.1. The largest absolute Gasteiger partial charge is 0.508 e. The van der Waals surface area contributed by atoms with Crippen molar-refractivity contribution >= 4 is 0 Å². The summed E-state index contributed by atoms with van der Waals surface area (Å²) in [6.07, 6.45) is 2.13. The Morgan fingerprint density at radius 3 is 1.54 bits per heavy atom. The molecule has 0 saturated carbocycles. The average Bonchev–Trinajstić information content (AvgIpc) is 2.72. The van der Waals surface area contributed by atoms with Gasteiger partial charge in [0.05, 0.1) is 0 Å². The van der Waals surface area contributed by atoms with Gasteiger partial charge >= 0.3 is 0 Å². The molecule has 3 nitrogen and oxygen atoms in total. The molecule has 0 amide bonds. The van der Waals surface area contributed by atoms with E-state index in [2.05, 4.69) is 53.7 Å². The van der Waals surface area contributed by atoms with Crippen molar-refractivity contribution in [3.63, 3.8) is 0 Å². The van der Waals surface area contributed by atoms with Gasteiger partial charge in [0.1, 0.15) is 11.5 Å². The lowest BCUT2D eigenvalue weighted by Gasteiger charge is -2.21. The predicted octanol–water partition coefficient (Wildman–Crippen LogP) is 7.11. The third-order valence-corrected chi connectivity index (χ3v) is 5.16. The highest BCUT2D eigenvalue weighted by atomic mass is 16.7. The molecule has 2 aromatic rings. The highest BCUT2D eigenvalue weighted by molar-refractivity contribution is 5.29. The van der Waals surface area contributed by atoms with Crippen molar-refractivity contribution in [1.82, 2.24) is 0 Å². The Labute approximate surface area is 171 Å². The molecule has 0 bridgehead atoms. The van der Waals surface area contributed by atoms with E-state index in [1.54, 1.807) is 19.2 Å². The van der Waals surface area contributed by atoms with E-state index >= 15 is 0 Å². The number of phenols is 1. The van der Waals surface area contributed by atoms with Crippen molar-refractivity contribution < 1.29 is 14.6 Å². The van der Waals surface area contributed by atoms with E-state index < -0.39 is 0 Å². The SMILES string of the molecule is CCC(C)c1ccc(O)cc1.CCC(C)c1ccc(OC(OC)C(C)C)cc1. The van der Waals surface area contributed by atoms with Gasteiger partial charge in [0.25, 0.3) is 0 Å². The van der Waals surface area contributed by atoms with Gasteiger partial charge in [-0.2, -0.15) is 0 Å². The van der Waals surface area contributed by atoms with Crippen LogP contribution in [0.1, 0.15) is 77.3 Å². The molecule has 0 aliphatic carbocycles. The Bertz CT molecular complexity index is 646. The highest BCUT2D eigenvalue weighted by Crippen LogP contribution is 2.23. The number of aromatic hydroxyl groups is 1. The van der Waals surface area contributed by atoms with Gasteiger partial charge in [-0.1, -0.05) is 65.8 Å². The lowest BCUT2D eigenvalue weighted by molar-refractivity contribution is -0.0833. The highest BCUT2D eigenvalue weighted by Gasteiger charge is 2.13. The molecule has 3 atom stereocenters. The van der Waals surface area contributed by atoms with Crippen molar-refractivity contribution in [2.45, 2.75) is 72.5 Å². The van der Waals surface area contributed by atoms with E-state index in [1.807, 2.05) is 24.3 Å². The maximum absolute atomic E-state index is 9.01. The number of rotatable bonds is 8. The average molecular weight is 387 g/mol. The molecule has 1 N–H and O–H groups in total. The summed E-state index contributed by atoms with van der Waals surface area (Å²) in [7, 11) is 1.68. The fourth-order valence-electron chi connectivity index (χ4n) is 2.74. The van der Waals surface area contributed by atoms with Crippen LogP contribution in [0.2, 0.25) is 0 Å². The number of benzene rings is 2. The van der Waals surface area contributed by atoms with E-state index in [-0.39, 0.29) is 6.29 Å². The molecule has 0 heterocycles. The van der Waals surface area contributed by atoms with Crippen LogP contribution in [0.15, 0.2) is 48.5 Å². The van der Waals surface area contributed by atoms with Crippen molar-refractivity contribution in [1.29, 1.82) is 0 Å². The van der Waals surface area contributed by atoms with Crippen LogP contribution >= 0.6 is 0 Å². The minimum atomic E-state index is -0.176. The number of phenolic OH excluding ortho intramolecular Hbond substituents is 1. The summed E-state index contributed by atoms with van der Waals surface area (Å²) >= 11 is 0. The van der Waals surface area contributed by atoms with Gasteiger partial charge in [0.2, 0.25) is 6.29 Å². The molecule has 0 aromatic heterocycles. The van der Waals surface area contributed by atoms with Crippen molar-refractivity contribution in [2.75, 3.05) is 7.11 Å². The van der Waals surface area contributed by atoms with Crippen molar-refractivity contribution in [2.24, 2.45) is 5.92 Å². The number of methoxy groups -OCH3 is 1. The minimum absolute atomic E-state index is 0.176. The minimum Gasteiger partial charge on any atom is -0.508 e. The molecule has 0 spiro atoms. The zero-order valence-corrected chi connectivity index (χ0v) is 18.6. The zero-order chi connectivity index (χ0) is 21.1. The van der Waals surface area contributed by atoms with Crippen molar-refractivity contribution in [3.8, 4) is 11.5 Å². The predicted molar refractivity (Wildman–Crippen MR) is 118 cm³/mol. The molecule has 2 rings (SSSR count). The fraction of sp³-hybridized carbons (Fsp3) is 0.520. The topological polar surface area (TPSA) is 38.7 Å². The van der Waals surface area contributed by atoms with Crippen LogP contribution in [-0.4, -0.2) is 18.5 Å². The Morgan fingerprint density at radius 2 is 1.18 bits per heavy atom. The molecule has 0 saturated heterocycles. The van der Waals surface area contributed by atoms with E-state index in [0.29, 0.717) is 23.5 Å². The second-order valence-corrected chi connectivity index (χ2v) is 7.75. The monoisotopic (exact) mass is 386 g/mol. The summed E-state index contributed by atoms with van der Waals surface area (Å²) in [6, 6.07) is 15.7. The Morgan fingerprint density at radius 1 is 0.750 bits per heavy atom. The van der Waals surface area contributed by atoms with Gasteiger partial charge in [0, 0.05) is 13.0 Å². The number of ether oxygens (including phenoxy) is 2. The lowest BCUT2D eigenvalue weighted by atomic mass is 9.99. The number of hydrogen-bond donors (Lipinski definition) is 1. The van der Waals surface area contributed by atoms with E-state index in [9.17, 15) is 0 Å². The fourth-order valence-corrected chi connectivity index (χ4v) is 2.74.